The van der Waals surface area contributed by atoms with Crippen molar-refractivity contribution in [2.24, 2.45) is 0 Å². The molecule has 0 aliphatic heterocycles. The standard InChI is InChI=1S/C14H16N2O2S/c1-16(7-8-19-2)13-11-6-4-3-5-10(11)9-12(15-13)14(17)18/h3-6,9H,7-8H2,1-2H3,(H,17,18). The number of hydrogen-bond donors (Lipinski definition) is 1. The third kappa shape index (κ3) is 2.98. The van der Waals surface area contributed by atoms with Gasteiger partial charge < -0.3 is 10.0 Å². The Hall–Kier alpha value is -1.75. The van der Waals surface area contributed by atoms with E-state index in [0.717, 1.165) is 28.9 Å². The maximum Gasteiger partial charge on any atom is 0.354 e. The third-order valence-electron chi connectivity index (χ3n) is 2.93. The summed E-state index contributed by atoms with van der Waals surface area (Å²) in [5.74, 6) is 0.707. The van der Waals surface area contributed by atoms with Crippen molar-refractivity contribution in [2.75, 3.05) is 30.5 Å². The lowest BCUT2D eigenvalue weighted by atomic mass is 10.1. The number of fused-ring (bicyclic) bond motifs is 1. The zero-order valence-electron chi connectivity index (χ0n) is 11.0. The lowest BCUT2D eigenvalue weighted by Crippen LogP contribution is -2.22. The molecule has 2 aromatic rings. The van der Waals surface area contributed by atoms with E-state index < -0.39 is 5.97 Å². The van der Waals surface area contributed by atoms with Gasteiger partial charge in [0.05, 0.1) is 0 Å². The number of benzene rings is 1. The monoisotopic (exact) mass is 276 g/mol. The molecule has 0 bridgehead atoms. The van der Waals surface area contributed by atoms with Crippen LogP contribution in [-0.2, 0) is 0 Å². The van der Waals surface area contributed by atoms with E-state index in [1.54, 1.807) is 17.8 Å². The fraction of sp³-hybridized carbons (Fsp3) is 0.286. The number of thioether (sulfide) groups is 1. The number of hydrogen-bond acceptors (Lipinski definition) is 4. The summed E-state index contributed by atoms with van der Waals surface area (Å²) in [6.45, 7) is 0.835. The smallest absolute Gasteiger partial charge is 0.354 e. The Morgan fingerprint density at radius 1 is 1.42 bits per heavy atom. The number of nitrogens with zero attached hydrogens (tertiary/aromatic N) is 2. The van der Waals surface area contributed by atoms with Gasteiger partial charge in [-0.15, -0.1) is 0 Å². The van der Waals surface area contributed by atoms with Gasteiger partial charge >= 0.3 is 5.97 Å². The number of aromatic carboxylic acids is 1. The van der Waals surface area contributed by atoms with Gasteiger partial charge in [0.15, 0.2) is 5.69 Å². The summed E-state index contributed by atoms with van der Waals surface area (Å²) >= 11 is 1.75. The van der Waals surface area contributed by atoms with Crippen molar-refractivity contribution in [1.29, 1.82) is 0 Å². The fourth-order valence-electron chi connectivity index (χ4n) is 1.92. The largest absolute Gasteiger partial charge is 0.477 e. The number of anilines is 1. The van der Waals surface area contributed by atoms with Crippen molar-refractivity contribution in [3.63, 3.8) is 0 Å². The van der Waals surface area contributed by atoms with Gasteiger partial charge in [0.1, 0.15) is 5.82 Å². The van der Waals surface area contributed by atoms with Crippen LogP contribution < -0.4 is 4.90 Å². The highest BCUT2D eigenvalue weighted by Crippen LogP contribution is 2.25. The first-order valence-electron chi connectivity index (χ1n) is 5.96. The summed E-state index contributed by atoms with van der Waals surface area (Å²) < 4.78 is 0. The van der Waals surface area contributed by atoms with Crippen LogP contribution in [0.1, 0.15) is 10.5 Å². The predicted molar refractivity (Wildman–Crippen MR) is 80.4 cm³/mol. The van der Waals surface area contributed by atoms with Crippen LogP contribution in [-0.4, -0.2) is 41.7 Å². The molecule has 0 radical (unpaired) electrons. The van der Waals surface area contributed by atoms with Crippen molar-refractivity contribution >= 4 is 34.3 Å². The lowest BCUT2D eigenvalue weighted by molar-refractivity contribution is 0.0691. The molecule has 0 saturated heterocycles. The SMILES string of the molecule is CSCCN(C)c1nc(C(=O)O)cc2ccccc12. The number of aromatic nitrogens is 1. The van der Waals surface area contributed by atoms with Gasteiger partial charge in [-0.25, -0.2) is 9.78 Å². The van der Waals surface area contributed by atoms with E-state index in [9.17, 15) is 4.79 Å². The first-order valence-corrected chi connectivity index (χ1v) is 7.36. The van der Waals surface area contributed by atoms with Crippen LogP contribution in [0, 0.1) is 0 Å². The van der Waals surface area contributed by atoms with Gasteiger partial charge in [-0.05, 0) is 17.7 Å². The Morgan fingerprint density at radius 2 is 2.16 bits per heavy atom. The third-order valence-corrected chi connectivity index (χ3v) is 3.52. The molecule has 0 amide bonds. The maximum absolute atomic E-state index is 11.1. The Morgan fingerprint density at radius 3 is 2.84 bits per heavy atom. The van der Waals surface area contributed by atoms with E-state index >= 15 is 0 Å². The minimum atomic E-state index is -0.995. The summed E-state index contributed by atoms with van der Waals surface area (Å²) in [5.41, 5.74) is 0.0877. The van der Waals surface area contributed by atoms with Crippen molar-refractivity contribution < 1.29 is 9.90 Å². The average molecular weight is 276 g/mol. The lowest BCUT2D eigenvalue weighted by Gasteiger charge is -2.20. The number of pyridine rings is 1. The van der Waals surface area contributed by atoms with Crippen LogP contribution in [0.5, 0.6) is 0 Å². The minimum Gasteiger partial charge on any atom is -0.477 e. The van der Waals surface area contributed by atoms with E-state index in [2.05, 4.69) is 4.98 Å². The Kier molecular flexibility index (Phi) is 4.27. The highest BCUT2D eigenvalue weighted by Gasteiger charge is 2.13. The molecule has 0 saturated carbocycles. The van der Waals surface area contributed by atoms with E-state index in [1.807, 2.05) is 42.5 Å². The Balaban J connectivity index is 2.53. The van der Waals surface area contributed by atoms with Crippen molar-refractivity contribution in [3.8, 4) is 0 Å². The molecule has 0 unspecified atom stereocenters. The van der Waals surface area contributed by atoms with E-state index in [1.165, 1.54) is 0 Å². The molecule has 1 aromatic carbocycles. The second-order valence-electron chi connectivity index (χ2n) is 4.27. The van der Waals surface area contributed by atoms with Crippen molar-refractivity contribution in [1.82, 2.24) is 4.98 Å². The Labute approximate surface area is 116 Å². The van der Waals surface area contributed by atoms with E-state index in [4.69, 9.17) is 5.11 Å². The molecule has 1 heterocycles. The highest BCUT2D eigenvalue weighted by molar-refractivity contribution is 7.98. The molecule has 1 aromatic heterocycles. The topological polar surface area (TPSA) is 53.4 Å². The molecule has 1 N–H and O–H groups in total. The van der Waals surface area contributed by atoms with Crippen LogP contribution in [0.15, 0.2) is 30.3 Å². The molecule has 0 fully saturated rings. The van der Waals surface area contributed by atoms with E-state index in [-0.39, 0.29) is 5.69 Å². The van der Waals surface area contributed by atoms with Gasteiger partial charge in [-0.2, -0.15) is 11.8 Å². The van der Waals surface area contributed by atoms with Crippen molar-refractivity contribution in [2.45, 2.75) is 0 Å². The zero-order valence-corrected chi connectivity index (χ0v) is 11.8. The average Bonchev–Trinajstić information content (AvgIpc) is 2.43. The first kappa shape index (κ1) is 13.7. The minimum absolute atomic E-state index is 0.0877. The second kappa shape index (κ2) is 5.93. The molecule has 19 heavy (non-hydrogen) atoms. The van der Waals surface area contributed by atoms with Crippen molar-refractivity contribution in [3.05, 3.63) is 36.0 Å². The second-order valence-corrected chi connectivity index (χ2v) is 5.26. The molecule has 0 aliphatic carbocycles. The highest BCUT2D eigenvalue weighted by atomic mass is 32.2. The van der Waals surface area contributed by atoms with Gasteiger partial charge in [-0.3, -0.25) is 0 Å². The quantitative estimate of drug-likeness (QED) is 0.910. The van der Waals surface area contributed by atoms with Gasteiger partial charge in [0, 0.05) is 24.7 Å². The van der Waals surface area contributed by atoms with Gasteiger partial charge in [-0.1, -0.05) is 24.3 Å². The van der Waals surface area contributed by atoms with E-state index in [0.29, 0.717) is 0 Å². The summed E-state index contributed by atoms with van der Waals surface area (Å²) in [5, 5.41) is 11.0. The van der Waals surface area contributed by atoms with Gasteiger partial charge in [0.25, 0.3) is 0 Å². The molecular formula is C14H16N2O2S. The van der Waals surface area contributed by atoms with Crippen LogP contribution >= 0.6 is 11.8 Å². The predicted octanol–water partition coefficient (Wildman–Crippen LogP) is 2.73. The molecule has 5 heteroatoms. The molecular weight excluding hydrogens is 260 g/mol. The number of rotatable bonds is 5. The van der Waals surface area contributed by atoms with Crippen LogP contribution in [0.25, 0.3) is 10.8 Å². The summed E-state index contributed by atoms with van der Waals surface area (Å²) in [6, 6.07) is 9.34. The van der Waals surface area contributed by atoms with Crippen LogP contribution in [0.4, 0.5) is 5.82 Å². The number of carbonyl (C=O) groups is 1. The summed E-state index contributed by atoms with van der Waals surface area (Å²) in [6.07, 6.45) is 2.05. The zero-order chi connectivity index (χ0) is 13.8. The summed E-state index contributed by atoms with van der Waals surface area (Å²) in [7, 11) is 1.94. The molecule has 100 valence electrons. The van der Waals surface area contributed by atoms with Gasteiger partial charge in [0.2, 0.25) is 0 Å². The first-order chi connectivity index (χ1) is 9.13. The van der Waals surface area contributed by atoms with Crippen LogP contribution in [0.3, 0.4) is 0 Å². The fourth-order valence-corrected chi connectivity index (χ4v) is 2.37. The summed E-state index contributed by atoms with van der Waals surface area (Å²) in [4.78, 5) is 17.4. The molecule has 2 rings (SSSR count). The molecule has 4 nitrogen and oxygen atoms in total. The number of carboxylic acids is 1. The molecule has 0 aliphatic rings. The normalized spacial score (nSPS) is 10.6. The maximum atomic E-state index is 11.1. The molecule has 0 atom stereocenters. The van der Waals surface area contributed by atoms with Crippen LogP contribution in [0.2, 0.25) is 0 Å². The molecule has 0 spiro atoms. The number of carboxylic acid groups (broad SMARTS) is 1. The Bertz CT molecular complexity index is 601.